The predicted molar refractivity (Wildman–Crippen MR) is 112 cm³/mol. The minimum atomic E-state index is -1.77. The van der Waals surface area contributed by atoms with E-state index in [1.807, 2.05) is 6.92 Å². The van der Waals surface area contributed by atoms with E-state index in [1.165, 1.54) is 28.3 Å². The van der Waals surface area contributed by atoms with Crippen molar-refractivity contribution in [2.24, 2.45) is 0 Å². The highest BCUT2D eigenvalue weighted by Crippen LogP contribution is 2.52. The van der Waals surface area contributed by atoms with Gasteiger partial charge in [0.05, 0.1) is 43.6 Å². The molecule has 0 aliphatic carbocycles. The van der Waals surface area contributed by atoms with Crippen LogP contribution >= 0.6 is 0 Å². The fourth-order valence-corrected chi connectivity index (χ4v) is 4.05. The maximum atomic E-state index is 12.9. The third kappa shape index (κ3) is 5.02. The molecule has 0 spiro atoms. The summed E-state index contributed by atoms with van der Waals surface area (Å²) in [6.45, 7) is 3.71. The Morgan fingerprint density at radius 3 is 2.23 bits per heavy atom. The molecule has 0 N–H and O–H groups in total. The van der Waals surface area contributed by atoms with E-state index in [1.54, 1.807) is 18.2 Å². The largest absolute Gasteiger partial charge is 0.490 e. The standard InChI is InChI=1S/C21H26O8S/c1-6-7-11-28-18-14-9-8-10-15(30(24)12-16(23)25-3)17(14)19(29-13(2)22)21(27-5)20(18)26-4/h8-10H,6-7,11-12H2,1-5H3. The first kappa shape index (κ1) is 23.5. The molecule has 0 heterocycles. The van der Waals surface area contributed by atoms with Gasteiger partial charge >= 0.3 is 11.9 Å². The van der Waals surface area contributed by atoms with Crippen LogP contribution in [0.3, 0.4) is 0 Å². The Morgan fingerprint density at radius 1 is 1.00 bits per heavy atom. The maximum absolute atomic E-state index is 12.9. The molecule has 0 aromatic heterocycles. The molecule has 0 amide bonds. The average Bonchev–Trinajstić information content (AvgIpc) is 2.73. The van der Waals surface area contributed by atoms with Crippen LogP contribution in [0.1, 0.15) is 26.7 Å². The lowest BCUT2D eigenvalue weighted by atomic mass is 10.1. The van der Waals surface area contributed by atoms with Crippen molar-refractivity contribution >= 4 is 33.5 Å². The van der Waals surface area contributed by atoms with E-state index in [0.29, 0.717) is 23.1 Å². The molecular weight excluding hydrogens is 412 g/mol. The highest BCUT2D eigenvalue weighted by atomic mass is 32.2. The van der Waals surface area contributed by atoms with Crippen molar-refractivity contribution in [3.63, 3.8) is 0 Å². The average molecular weight is 438 g/mol. The van der Waals surface area contributed by atoms with Crippen LogP contribution in [0.4, 0.5) is 0 Å². The molecule has 2 aromatic rings. The summed E-state index contributed by atoms with van der Waals surface area (Å²) in [5.74, 6) is -0.749. The van der Waals surface area contributed by atoms with E-state index >= 15 is 0 Å². The second kappa shape index (κ2) is 10.8. The molecule has 0 aliphatic heterocycles. The number of methoxy groups -OCH3 is 3. The minimum absolute atomic E-state index is 0.0495. The number of ether oxygens (including phenoxy) is 5. The molecule has 2 aromatic carbocycles. The van der Waals surface area contributed by atoms with Crippen LogP contribution in [-0.2, 0) is 25.1 Å². The summed E-state index contributed by atoms with van der Waals surface area (Å²) in [5.41, 5.74) is 0. The molecule has 0 radical (unpaired) electrons. The lowest BCUT2D eigenvalue weighted by Crippen LogP contribution is -2.13. The molecule has 0 saturated carbocycles. The van der Waals surface area contributed by atoms with Crippen molar-refractivity contribution in [3.8, 4) is 23.0 Å². The molecule has 30 heavy (non-hydrogen) atoms. The SMILES string of the molecule is CCCCOc1c(OC)c(OC)c(OC(C)=O)c2c(S(=O)CC(=O)OC)cccc12. The van der Waals surface area contributed by atoms with Crippen LogP contribution < -0.4 is 18.9 Å². The molecule has 1 atom stereocenters. The smallest absolute Gasteiger partial charge is 0.318 e. The maximum Gasteiger partial charge on any atom is 0.318 e. The van der Waals surface area contributed by atoms with Gasteiger partial charge < -0.3 is 23.7 Å². The third-order valence-corrected chi connectivity index (χ3v) is 5.57. The Labute approximate surface area is 177 Å². The van der Waals surface area contributed by atoms with Gasteiger partial charge in [0.25, 0.3) is 0 Å². The van der Waals surface area contributed by atoms with Gasteiger partial charge in [-0.3, -0.25) is 13.8 Å². The van der Waals surface area contributed by atoms with Crippen LogP contribution in [0.5, 0.6) is 23.0 Å². The monoisotopic (exact) mass is 438 g/mol. The summed E-state index contributed by atoms with van der Waals surface area (Å²) < 4.78 is 40.0. The van der Waals surface area contributed by atoms with Gasteiger partial charge in [-0.25, -0.2) is 0 Å². The van der Waals surface area contributed by atoms with E-state index in [2.05, 4.69) is 4.74 Å². The molecule has 0 fully saturated rings. The zero-order valence-corrected chi connectivity index (χ0v) is 18.6. The summed E-state index contributed by atoms with van der Waals surface area (Å²) in [5, 5.41) is 0.870. The Balaban J connectivity index is 2.87. The van der Waals surface area contributed by atoms with Gasteiger partial charge in [-0.15, -0.1) is 0 Å². The zero-order valence-electron chi connectivity index (χ0n) is 17.7. The molecule has 8 nitrogen and oxygen atoms in total. The first-order valence-corrected chi connectivity index (χ1v) is 10.7. The molecule has 0 bridgehead atoms. The van der Waals surface area contributed by atoms with E-state index in [0.717, 1.165) is 12.8 Å². The van der Waals surface area contributed by atoms with Crippen molar-refractivity contribution in [2.75, 3.05) is 33.7 Å². The van der Waals surface area contributed by atoms with Gasteiger partial charge in [-0.2, -0.15) is 0 Å². The number of rotatable bonds is 10. The van der Waals surface area contributed by atoms with Crippen molar-refractivity contribution in [2.45, 2.75) is 31.6 Å². The number of carbonyl (C=O) groups is 2. The Bertz CT molecular complexity index is 954. The summed E-state index contributed by atoms with van der Waals surface area (Å²) in [6, 6.07) is 5.02. The quantitative estimate of drug-likeness (QED) is 0.317. The molecule has 0 aliphatic rings. The minimum Gasteiger partial charge on any atom is -0.490 e. The van der Waals surface area contributed by atoms with E-state index in [9.17, 15) is 13.8 Å². The first-order chi connectivity index (χ1) is 14.4. The second-order valence-electron chi connectivity index (χ2n) is 6.27. The fourth-order valence-electron chi connectivity index (χ4n) is 2.90. The van der Waals surface area contributed by atoms with Crippen LogP contribution in [0.15, 0.2) is 23.1 Å². The number of carbonyl (C=O) groups excluding carboxylic acids is 2. The van der Waals surface area contributed by atoms with Gasteiger partial charge in [0.1, 0.15) is 5.75 Å². The molecule has 2 rings (SSSR count). The van der Waals surface area contributed by atoms with Crippen LogP contribution in [0.25, 0.3) is 10.8 Å². The normalized spacial score (nSPS) is 11.6. The van der Waals surface area contributed by atoms with Crippen LogP contribution in [0.2, 0.25) is 0 Å². The van der Waals surface area contributed by atoms with Crippen LogP contribution in [-0.4, -0.2) is 49.8 Å². The van der Waals surface area contributed by atoms with Gasteiger partial charge in [-0.05, 0) is 12.5 Å². The number of fused-ring (bicyclic) bond motifs is 1. The van der Waals surface area contributed by atoms with Crippen molar-refractivity contribution in [3.05, 3.63) is 18.2 Å². The molecule has 164 valence electrons. The Morgan fingerprint density at radius 2 is 1.67 bits per heavy atom. The van der Waals surface area contributed by atoms with Crippen molar-refractivity contribution in [1.82, 2.24) is 0 Å². The summed E-state index contributed by atoms with van der Waals surface area (Å²) >= 11 is 0. The molecule has 0 saturated heterocycles. The summed E-state index contributed by atoms with van der Waals surface area (Å²) in [6.07, 6.45) is 1.74. The highest BCUT2D eigenvalue weighted by Gasteiger charge is 2.28. The van der Waals surface area contributed by atoms with Crippen molar-refractivity contribution < 1.29 is 37.5 Å². The highest BCUT2D eigenvalue weighted by molar-refractivity contribution is 7.86. The third-order valence-electron chi connectivity index (χ3n) is 4.24. The Hall–Kier alpha value is -2.81. The van der Waals surface area contributed by atoms with Crippen LogP contribution in [0, 0.1) is 0 Å². The van der Waals surface area contributed by atoms with Gasteiger partial charge in [-0.1, -0.05) is 25.5 Å². The zero-order chi connectivity index (χ0) is 22.3. The topological polar surface area (TPSA) is 97.4 Å². The predicted octanol–water partition coefficient (Wildman–Crippen LogP) is 3.24. The van der Waals surface area contributed by atoms with Gasteiger partial charge in [0.15, 0.2) is 11.5 Å². The van der Waals surface area contributed by atoms with E-state index in [4.69, 9.17) is 18.9 Å². The number of unbranched alkanes of at least 4 members (excludes halogenated alkanes) is 1. The van der Waals surface area contributed by atoms with Gasteiger partial charge in [0, 0.05) is 17.7 Å². The van der Waals surface area contributed by atoms with Gasteiger partial charge in [0.2, 0.25) is 11.5 Å². The lowest BCUT2D eigenvalue weighted by Gasteiger charge is -2.21. The summed E-state index contributed by atoms with van der Waals surface area (Å²) in [4.78, 5) is 23.8. The molecule has 9 heteroatoms. The fraction of sp³-hybridized carbons (Fsp3) is 0.429. The Kier molecular flexibility index (Phi) is 8.46. The second-order valence-corrected chi connectivity index (χ2v) is 7.68. The number of benzene rings is 2. The lowest BCUT2D eigenvalue weighted by molar-refractivity contribution is -0.137. The first-order valence-electron chi connectivity index (χ1n) is 9.36. The number of esters is 2. The van der Waals surface area contributed by atoms with E-state index in [-0.39, 0.29) is 27.9 Å². The summed E-state index contributed by atoms with van der Waals surface area (Å²) in [7, 11) is 2.31. The molecule has 1 unspecified atom stereocenters. The van der Waals surface area contributed by atoms with Crippen molar-refractivity contribution in [1.29, 1.82) is 0 Å². The molecular formula is C21H26O8S. The number of hydrogen-bond acceptors (Lipinski definition) is 8. The van der Waals surface area contributed by atoms with E-state index < -0.39 is 22.7 Å². The number of hydrogen-bond donors (Lipinski definition) is 0.